The average molecular weight is 274 g/mol. The Labute approximate surface area is 111 Å². The molecule has 0 aromatic carbocycles. The largest absolute Gasteiger partial charge is 0.330 e. The predicted octanol–water partition coefficient (Wildman–Crippen LogP) is 1.71. The molecule has 4 nitrogen and oxygen atoms in total. The van der Waals surface area contributed by atoms with E-state index in [9.17, 15) is 8.42 Å². The minimum absolute atomic E-state index is 0.285. The van der Waals surface area contributed by atoms with E-state index in [0.717, 1.165) is 25.8 Å². The van der Waals surface area contributed by atoms with Crippen LogP contribution in [0.1, 0.15) is 51.4 Å². The van der Waals surface area contributed by atoms with Crippen molar-refractivity contribution < 1.29 is 8.42 Å². The Bertz CT molecular complexity index is 354. The van der Waals surface area contributed by atoms with Crippen LogP contribution >= 0.6 is 0 Å². The van der Waals surface area contributed by atoms with Crippen LogP contribution in [0.5, 0.6) is 0 Å². The summed E-state index contributed by atoms with van der Waals surface area (Å²) in [6.45, 7) is 1.33. The Kier molecular flexibility index (Phi) is 5.04. The fraction of sp³-hybridized carbons (Fsp3) is 1.00. The molecule has 1 aliphatic carbocycles. The molecule has 2 atom stereocenters. The first-order valence-electron chi connectivity index (χ1n) is 7.35. The number of sulfonamides is 1. The van der Waals surface area contributed by atoms with Gasteiger partial charge in [-0.3, -0.25) is 0 Å². The van der Waals surface area contributed by atoms with E-state index in [-0.39, 0.29) is 5.75 Å². The van der Waals surface area contributed by atoms with Crippen molar-refractivity contribution in [2.24, 2.45) is 11.7 Å². The molecule has 0 amide bonds. The van der Waals surface area contributed by atoms with E-state index < -0.39 is 10.0 Å². The van der Waals surface area contributed by atoms with Gasteiger partial charge in [-0.25, -0.2) is 8.42 Å². The van der Waals surface area contributed by atoms with Gasteiger partial charge >= 0.3 is 0 Å². The summed E-state index contributed by atoms with van der Waals surface area (Å²) in [5.41, 5.74) is 5.43. The van der Waals surface area contributed by atoms with E-state index in [1.165, 1.54) is 25.7 Å². The number of rotatable bonds is 5. The van der Waals surface area contributed by atoms with E-state index >= 15 is 0 Å². The molecule has 2 fully saturated rings. The van der Waals surface area contributed by atoms with Gasteiger partial charge in [0.1, 0.15) is 0 Å². The number of unbranched alkanes of at least 4 members (excludes halogenated alkanes) is 1. The normalized spacial score (nSPS) is 30.1. The first kappa shape index (κ1) is 14.3. The summed E-state index contributed by atoms with van der Waals surface area (Å²) in [6, 6.07) is 0.301. The molecule has 1 aliphatic heterocycles. The zero-order valence-corrected chi connectivity index (χ0v) is 12.0. The van der Waals surface area contributed by atoms with Crippen molar-refractivity contribution in [1.29, 1.82) is 0 Å². The van der Waals surface area contributed by atoms with Gasteiger partial charge in [-0.2, -0.15) is 4.31 Å². The van der Waals surface area contributed by atoms with Crippen molar-refractivity contribution in [2.75, 3.05) is 18.8 Å². The maximum atomic E-state index is 12.4. The summed E-state index contributed by atoms with van der Waals surface area (Å²) < 4.78 is 26.6. The molecule has 0 radical (unpaired) electrons. The van der Waals surface area contributed by atoms with Crippen molar-refractivity contribution in [2.45, 2.75) is 57.4 Å². The summed E-state index contributed by atoms with van der Waals surface area (Å²) in [6.07, 6.45) is 8.53. The van der Waals surface area contributed by atoms with Crippen LogP contribution < -0.4 is 5.73 Å². The lowest BCUT2D eigenvalue weighted by molar-refractivity contribution is 0.129. The number of fused-ring (bicyclic) bond motifs is 1. The van der Waals surface area contributed by atoms with Crippen molar-refractivity contribution in [3.05, 3.63) is 0 Å². The van der Waals surface area contributed by atoms with Gasteiger partial charge in [0.15, 0.2) is 0 Å². The maximum Gasteiger partial charge on any atom is 0.214 e. The highest BCUT2D eigenvalue weighted by atomic mass is 32.2. The van der Waals surface area contributed by atoms with Crippen LogP contribution in [0.4, 0.5) is 0 Å². The molecule has 2 aliphatic rings. The lowest BCUT2D eigenvalue weighted by Gasteiger charge is -2.43. The number of hydrogen-bond acceptors (Lipinski definition) is 3. The molecule has 18 heavy (non-hydrogen) atoms. The molecule has 0 bridgehead atoms. The molecule has 2 rings (SSSR count). The van der Waals surface area contributed by atoms with Gasteiger partial charge in [0.2, 0.25) is 10.0 Å². The van der Waals surface area contributed by atoms with Crippen LogP contribution in [0.15, 0.2) is 0 Å². The fourth-order valence-electron chi connectivity index (χ4n) is 3.47. The Hall–Kier alpha value is -0.130. The standard InChI is InChI=1S/C13H26N2O2S/c14-9-3-4-11-18(16,17)15-10-5-7-12-6-1-2-8-13(12)15/h12-13H,1-11,14H2. The van der Waals surface area contributed by atoms with Gasteiger partial charge in [-0.05, 0) is 51.0 Å². The molecule has 2 unspecified atom stereocenters. The number of nitrogens with zero attached hydrogens (tertiary/aromatic N) is 1. The van der Waals surface area contributed by atoms with Crippen molar-refractivity contribution in [3.63, 3.8) is 0 Å². The molecule has 0 aromatic heterocycles. The second-order valence-corrected chi connectivity index (χ2v) is 7.72. The molecular formula is C13H26N2O2S. The summed E-state index contributed by atoms with van der Waals surface area (Å²) in [4.78, 5) is 0. The third-order valence-corrected chi connectivity index (χ3v) is 6.38. The summed E-state index contributed by atoms with van der Waals surface area (Å²) in [5, 5.41) is 0. The second kappa shape index (κ2) is 6.35. The molecule has 1 heterocycles. The Morgan fingerprint density at radius 3 is 2.56 bits per heavy atom. The highest BCUT2D eigenvalue weighted by Gasteiger charge is 2.38. The highest BCUT2D eigenvalue weighted by Crippen LogP contribution is 2.36. The molecular weight excluding hydrogens is 248 g/mol. The Balaban J connectivity index is 2.00. The van der Waals surface area contributed by atoms with Crippen LogP contribution in [0.25, 0.3) is 0 Å². The predicted molar refractivity (Wildman–Crippen MR) is 73.8 cm³/mol. The molecule has 2 N–H and O–H groups in total. The molecule has 0 spiro atoms. The molecule has 5 heteroatoms. The third-order valence-electron chi connectivity index (χ3n) is 4.41. The van der Waals surface area contributed by atoms with Crippen LogP contribution in [0.2, 0.25) is 0 Å². The summed E-state index contributed by atoms with van der Waals surface area (Å²) in [5.74, 6) is 0.907. The van der Waals surface area contributed by atoms with Crippen LogP contribution in [-0.2, 0) is 10.0 Å². The van der Waals surface area contributed by atoms with Crippen molar-refractivity contribution >= 4 is 10.0 Å². The monoisotopic (exact) mass is 274 g/mol. The second-order valence-electron chi connectivity index (χ2n) is 5.68. The molecule has 1 saturated heterocycles. The Morgan fingerprint density at radius 2 is 1.78 bits per heavy atom. The average Bonchev–Trinajstić information content (AvgIpc) is 2.38. The van der Waals surface area contributed by atoms with Gasteiger partial charge < -0.3 is 5.73 Å². The summed E-state index contributed by atoms with van der Waals surface area (Å²) in [7, 11) is -3.05. The zero-order valence-electron chi connectivity index (χ0n) is 11.2. The maximum absolute atomic E-state index is 12.4. The van der Waals surface area contributed by atoms with Crippen molar-refractivity contribution in [3.8, 4) is 0 Å². The highest BCUT2D eigenvalue weighted by molar-refractivity contribution is 7.89. The Morgan fingerprint density at radius 1 is 1.06 bits per heavy atom. The zero-order chi connectivity index (χ0) is 13.0. The minimum atomic E-state index is -3.05. The van der Waals surface area contributed by atoms with Gasteiger partial charge in [0, 0.05) is 12.6 Å². The summed E-state index contributed by atoms with van der Waals surface area (Å²) >= 11 is 0. The van der Waals surface area contributed by atoms with Gasteiger partial charge in [0.25, 0.3) is 0 Å². The van der Waals surface area contributed by atoms with Gasteiger partial charge in [-0.15, -0.1) is 0 Å². The first-order chi connectivity index (χ1) is 8.65. The van der Waals surface area contributed by atoms with Gasteiger partial charge in [0.05, 0.1) is 5.75 Å². The first-order valence-corrected chi connectivity index (χ1v) is 8.95. The third kappa shape index (κ3) is 3.25. The topological polar surface area (TPSA) is 63.4 Å². The van der Waals surface area contributed by atoms with Crippen molar-refractivity contribution in [1.82, 2.24) is 4.31 Å². The van der Waals surface area contributed by atoms with Crippen LogP contribution in [-0.4, -0.2) is 37.6 Å². The SMILES string of the molecule is NCCCCS(=O)(=O)N1CCCC2CCCCC21. The van der Waals surface area contributed by atoms with E-state index in [4.69, 9.17) is 5.73 Å². The number of nitrogens with two attached hydrogens (primary N) is 1. The smallest absolute Gasteiger partial charge is 0.214 e. The quantitative estimate of drug-likeness (QED) is 0.776. The number of hydrogen-bond donors (Lipinski definition) is 1. The molecule has 106 valence electrons. The van der Waals surface area contributed by atoms with Crippen LogP contribution in [0, 0.1) is 5.92 Å². The van der Waals surface area contributed by atoms with Crippen LogP contribution in [0.3, 0.4) is 0 Å². The number of piperidine rings is 1. The molecule has 1 saturated carbocycles. The lowest BCUT2D eigenvalue weighted by Crippen LogP contribution is -2.50. The van der Waals surface area contributed by atoms with E-state index in [1.807, 2.05) is 4.31 Å². The lowest BCUT2D eigenvalue weighted by atomic mass is 9.79. The van der Waals surface area contributed by atoms with Gasteiger partial charge in [-0.1, -0.05) is 12.8 Å². The van der Waals surface area contributed by atoms with E-state index in [1.54, 1.807) is 0 Å². The molecule has 0 aromatic rings. The fourth-order valence-corrected chi connectivity index (χ4v) is 5.37. The van der Waals surface area contributed by atoms with E-state index in [2.05, 4.69) is 0 Å². The van der Waals surface area contributed by atoms with E-state index in [0.29, 0.717) is 24.9 Å². The minimum Gasteiger partial charge on any atom is -0.330 e.